The van der Waals surface area contributed by atoms with Crippen LogP contribution in [-0.4, -0.2) is 0 Å². The molecule has 1 rings (SSSR count). The minimum Gasteiger partial charge on any atom is -0.104 e. The molecule has 0 spiro atoms. The van der Waals surface area contributed by atoms with Crippen molar-refractivity contribution in [1.29, 1.82) is 0 Å². The maximum absolute atomic E-state index is 5.75. The molecule has 1 unspecified atom stereocenters. The van der Waals surface area contributed by atoms with Gasteiger partial charge in [0, 0.05) is 0 Å². The molecule has 0 nitrogen and oxygen atoms in total. The van der Waals surface area contributed by atoms with Gasteiger partial charge in [0.25, 0.3) is 0 Å². The molecule has 1 aromatic rings. The van der Waals surface area contributed by atoms with Crippen molar-refractivity contribution in [1.82, 2.24) is 0 Å². The van der Waals surface area contributed by atoms with Crippen molar-refractivity contribution < 1.29 is 0 Å². The quantitative estimate of drug-likeness (QED) is 0.459. The summed E-state index contributed by atoms with van der Waals surface area (Å²) in [6.07, 6.45) is 0. The van der Waals surface area contributed by atoms with Crippen LogP contribution in [-0.2, 0) is 0 Å². The third kappa shape index (κ3) is 1.57. The predicted octanol–water partition coefficient (Wildman–Crippen LogP) is 3.15. The number of hydrogen-bond acceptors (Lipinski definition) is 0. The Morgan fingerprint density at radius 3 is 2.10 bits per heavy atom. The molecular formula is C6H4Cl3P. The molecule has 0 aliphatic rings. The van der Waals surface area contributed by atoms with Crippen molar-refractivity contribution in [3.05, 3.63) is 27.2 Å². The van der Waals surface area contributed by atoms with Crippen molar-refractivity contribution in [2.75, 3.05) is 0 Å². The fourth-order valence-electron chi connectivity index (χ4n) is 0.541. The lowest BCUT2D eigenvalue weighted by molar-refractivity contribution is 1.76. The Morgan fingerprint density at radius 1 is 1.00 bits per heavy atom. The Labute approximate surface area is 76.7 Å². The summed E-state index contributed by atoms with van der Waals surface area (Å²) < 4.78 is 0. The third-order valence-corrected chi connectivity index (χ3v) is 3.04. The van der Waals surface area contributed by atoms with E-state index < -0.39 is 0 Å². The average Bonchev–Trinajstić information content (AvgIpc) is 1.93. The molecule has 0 heterocycles. The van der Waals surface area contributed by atoms with Gasteiger partial charge < -0.3 is 0 Å². The van der Waals surface area contributed by atoms with E-state index in [9.17, 15) is 0 Å². The van der Waals surface area contributed by atoms with Gasteiger partial charge in [-0.15, -0.1) is 9.24 Å². The van der Waals surface area contributed by atoms with Crippen molar-refractivity contribution in [3.63, 3.8) is 0 Å². The fraction of sp³-hybridized carbons (Fsp3) is 0. The molecule has 54 valence electrons. The second-order valence-electron chi connectivity index (χ2n) is 1.76. The van der Waals surface area contributed by atoms with E-state index in [0.717, 1.165) is 5.30 Å². The maximum Gasteiger partial charge on any atom is 0.0784 e. The fourth-order valence-corrected chi connectivity index (χ4v) is 1.42. The minimum atomic E-state index is 0.413. The Kier molecular flexibility index (Phi) is 2.82. The molecular weight excluding hydrogens is 209 g/mol. The maximum atomic E-state index is 5.75. The monoisotopic (exact) mass is 212 g/mol. The van der Waals surface area contributed by atoms with E-state index >= 15 is 0 Å². The summed E-state index contributed by atoms with van der Waals surface area (Å²) >= 11 is 17.1. The molecule has 0 fully saturated rings. The molecule has 0 bridgehead atoms. The lowest BCUT2D eigenvalue weighted by atomic mass is 10.4. The van der Waals surface area contributed by atoms with Gasteiger partial charge in [0.1, 0.15) is 0 Å². The molecule has 1 atom stereocenters. The Morgan fingerprint density at radius 2 is 1.60 bits per heavy atom. The van der Waals surface area contributed by atoms with Crippen LogP contribution in [0.4, 0.5) is 0 Å². The largest absolute Gasteiger partial charge is 0.104 e. The minimum absolute atomic E-state index is 0.413. The van der Waals surface area contributed by atoms with Crippen molar-refractivity contribution in [2.45, 2.75) is 0 Å². The summed E-state index contributed by atoms with van der Waals surface area (Å²) in [6, 6.07) is 3.50. The van der Waals surface area contributed by atoms with Crippen LogP contribution in [0.1, 0.15) is 0 Å². The molecule has 0 aromatic heterocycles. The molecule has 0 radical (unpaired) electrons. The van der Waals surface area contributed by atoms with Gasteiger partial charge in [-0.3, -0.25) is 0 Å². The smallest absolute Gasteiger partial charge is 0.0784 e. The molecule has 0 N–H and O–H groups in total. The molecule has 1 aromatic carbocycles. The van der Waals surface area contributed by atoms with E-state index in [4.69, 9.17) is 34.8 Å². The number of halogens is 3. The zero-order valence-electron chi connectivity index (χ0n) is 4.87. The lowest BCUT2D eigenvalue weighted by Gasteiger charge is -2.00. The summed E-state index contributed by atoms with van der Waals surface area (Å²) in [5.41, 5.74) is 0. The Hall–Kier alpha value is 0.520. The van der Waals surface area contributed by atoms with Crippen LogP contribution in [0.15, 0.2) is 12.1 Å². The van der Waals surface area contributed by atoms with Gasteiger partial charge in [-0.05, 0) is 11.4 Å². The summed E-state index contributed by atoms with van der Waals surface area (Å²) in [7, 11) is 2.47. The first-order valence-corrected chi connectivity index (χ1v) is 4.23. The highest BCUT2D eigenvalue weighted by molar-refractivity contribution is 7.28. The van der Waals surface area contributed by atoms with Crippen LogP contribution in [0.2, 0.25) is 15.1 Å². The summed E-state index contributed by atoms with van der Waals surface area (Å²) in [5.74, 6) is 0. The van der Waals surface area contributed by atoms with Crippen molar-refractivity contribution in [3.8, 4) is 0 Å². The number of hydrogen-bond donors (Lipinski definition) is 0. The van der Waals surface area contributed by atoms with E-state index in [1.165, 1.54) is 0 Å². The van der Waals surface area contributed by atoms with Crippen LogP contribution in [0.5, 0.6) is 0 Å². The van der Waals surface area contributed by atoms with Crippen LogP contribution in [0.25, 0.3) is 0 Å². The number of rotatable bonds is 0. The van der Waals surface area contributed by atoms with Gasteiger partial charge in [0.05, 0.1) is 15.1 Å². The van der Waals surface area contributed by atoms with Crippen LogP contribution in [0, 0.1) is 0 Å². The van der Waals surface area contributed by atoms with E-state index in [0.29, 0.717) is 15.1 Å². The highest BCUT2D eigenvalue weighted by Gasteiger charge is 2.03. The highest BCUT2D eigenvalue weighted by Crippen LogP contribution is 2.28. The van der Waals surface area contributed by atoms with Gasteiger partial charge in [-0.2, -0.15) is 0 Å². The van der Waals surface area contributed by atoms with Crippen LogP contribution >= 0.6 is 44.0 Å². The lowest BCUT2D eigenvalue weighted by Crippen LogP contribution is -1.91. The van der Waals surface area contributed by atoms with Gasteiger partial charge in [0.2, 0.25) is 0 Å². The average molecular weight is 213 g/mol. The molecule has 10 heavy (non-hydrogen) atoms. The van der Waals surface area contributed by atoms with Crippen LogP contribution in [0.3, 0.4) is 0 Å². The van der Waals surface area contributed by atoms with E-state index in [2.05, 4.69) is 9.24 Å². The second-order valence-corrected chi connectivity index (χ2v) is 3.55. The first-order valence-electron chi connectivity index (χ1n) is 2.52. The number of benzene rings is 1. The zero-order valence-corrected chi connectivity index (χ0v) is 8.29. The van der Waals surface area contributed by atoms with Gasteiger partial charge >= 0.3 is 0 Å². The Bertz CT molecular complexity index is 232. The first-order chi connectivity index (χ1) is 4.63. The van der Waals surface area contributed by atoms with Gasteiger partial charge in [0.15, 0.2) is 0 Å². The van der Waals surface area contributed by atoms with Crippen molar-refractivity contribution in [2.24, 2.45) is 0 Å². The summed E-state index contributed by atoms with van der Waals surface area (Å²) in [6.45, 7) is 0. The molecule has 0 saturated carbocycles. The van der Waals surface area contributed by atoms with E-state index in [-0.39, 0.29) is 0 Å². The van der Waals surface area contributed by atoms with Gasteiger partial charge in [-0.25, -0.2) is 0 Å². The van der Waals surface area contributed by atoms with Crippen LogP contribution < -0.4 is 5.30 Å². The molecule has 0 amide bonds. The molecule has 0 aliphatic carbocycles. The Balaban J connectivity index is 3.34. The molecule has 0 saturated heterocycles. The normalized spacial score (nSPS) is 10.0. The predicted molar refractivity (Wildman–Crippen MR) is 50.8 cm³/mol. The SMILES string of the molecule is Pc1ccc(Cl)c(Cl)c1Cl. The standard InChI is InChI=1S/C6H4Cl3P/c7-3-1-2-4(10)6(9)5(3)8/h1-2H,10H2. The molecule has 0 aliphatic heterocycles. The second kappa shape index (κ2) is 3.28. The van der Waals surface area contributed by atoms with E-state index in [1.54, 1.807) is 12.1 Å². The van der Waals surface area contributed by atoms with E-state index in [1.807, 2.05) is 0 Å². The topological polar surface area (TPSA) is 0 Å². The summed E-state index contributed by atoms with van der Waals surface area (Å²) in [5, 5.41) is 2.25. The third-order valence-electron chi connectivity index (χ3n) is 1.07. The van der Waals surface area contributed by atoms with Gasteiger partial charge in [-0.1, -0.05) is 40.9 Å². The summed E-state index contributed by atoms with van der Waals surface area (Å²) in [4.78, 5) is 0. The molecule has 4 heteroatoms. The zero-order chi connectivity index (χ0) is 7.72. The van der Waals surface area contributed by atoms with Crippen molar-refractivity contribution >= 4 is 49.3 Å². The first kappa shape index (κ1) is 8.62. The highest BCUT2D eigenvalue weighted by atomic mass is 35.5.